The Bertz CT molecular complexity index is 2410. The molecule has 2 aliphatic rings. The highest BCUT2D eigenvalue weighted by molar-refractivity contribution is 5.76. The number of fused-ring (bicyclic) bond motifs is 1. The maximum absolute atomic E-state index is 14.2. The van der Waals surface area contributed by atoms with Crippen LogP contribution in [0, 0.1) is 0 Å². The van der Waals surface area contributed by atoms with Gasteiger partial charge in [0.25, 0.3) is 0 Å². The van der Waals surface area contributed by atoms with Crippen LogP contribution in [0.15, 0.2) is 174 Å². The summed E-state index contributed by atoms with van der Waals surface area (Å²) in [6, 6.07) is 49.8. The van der Waals surface area contributed by atoms with E-state index in [4.69, 9.17) is 9.96 Å². The molecule has 0 aromatic heterocycles. The third kappa shape index (κ3) is 7.64. The van der Waals surface area contributed by atoms with E-state index in [0.29, 0.717) is 5.56 Å². The number of anilines is 1. The predicted octanol–water partition coefficient (Wildman–Crippen LogP) is 12.1. The summed E-state index contributed by atoms with van der Waals surface area (Å²) in [7, 11) is 0. The number of hydrazine groups is 1. The average Bonchev–Trinajstić information content (AvgIpc) is 3.69. The lowest BCUT2D eigenvalue weighted by molar-refractivity contribution is -0.137. The molecule has 0 radical (unpaired) electrons. The quantitative estimate of drug-likeness (QED) is 0.147. The molecule has 8 nitrogen and oxygen atoms in total. The Morgan fingerprint density at radius 2 is 1.27 bits per heavy atom. The minimum absolute atomic E-state index is 0.106. The smallest absolute Gasteiger partial charge is 0.434 e. The fourth-order valence-corrected chi connectivity index (χ4v) is 8.09. The molecule has 0 saturated carbocycles. The molecule has 11 heteroatoms. The van der Waals surface area contributed by atoms with Crippen molar-refractivity contribution in [2.75, 3.05) is 5.01 Å². The number of alkyl halides is 3. The first-order chi connectivity index (χ1) is 28.9. The minimum atomic E-state index is -4.51. The van der Waals surface area contributed by atoms with Crippen molar-refractivity contribution in [1.29, 1.82) is 0 Å². The zero-order valence-electron chi connectivity index (χ0n) is 33.7. The van der Waals surface area contributed by atoms with Gasteiger partial charge in [-0.15, -0.1) is 5.01 Å². The van der Waals surface area contributed by atoms with Crippen LogP contribution < -0.4 is 10.4 Å². The lowest BCUT2D eigenvalue weighted by Gasteiger charge is -2.45. The molecule has 1 N–H and O–H groups in total. The molecule has 2 aliphatic heterocycles. The summed E-state index contributed by atoms with van der Waals surface area (Å²) in [6.45, 7) is 7.57. The van der Waals surface area contributed by atoms with E-state index in [1.807, 2.05) is 142 Å². The third-order valence-corrected chi connectivity index (χ3v) is 10.7. The number of halogens is 3. The molecule has 0 saturated heterocycles. The molecule has 1 amide bonds. The highest BCUT2D eigenvalue weighted by atomic mass is 19.4. The van der Waals surface area contributed by atoms with Gasteiger partial charge < -0.3 is 9.75 Å². The van der Waals surface area contributed by atoms with Crippen LogP contribution in [0.2, 0.25) is 0 Å². The van der Waals surface area contributed by atoms with Crippen LogP contribution >= 0.6 is 0 Å². The number of rotatable bonds is 9. The number of hydrogen-bond acceptors (Lipinski definition) is 7. The fraction of sp³-hybridized carbons (Fsp3) is 0.204. The first-order valence-electron chi connectivity index (χ1n) is 19.9. The van der Waals surface area contributed by atoms with E-state index in [1.165, 1.54) is 11.1 Å². The summed E-state index contributed by atoms with van der Waals surface area (Å²) in [6.07, 6.45) is -2.45. The Kier molecular flexibility index (Phi) is 10.8. The molecule has 0 spiro atoms. The first-order valence-corrected chi connectivity index (χ1v) is 19.9. The summed E-state index contributed by atoms with van der Waals surface area (Å²) in [4.78, 5) is 14.2. The van der Waals surface area contributed by atoms with Gasteiger partial charge >= 0.3 is 12.3 Å². The number of carbonyl (C=O) groups excluding carboxylic acids is 1. The molecular formula is C49H45F3N6O2. The van der Waals surface area contributed by atoms with Gasteiger partial charge in [0.05, 0.1) is 17.3 Å². The van der Waals surface area contributed by atoms with Gasteiger partial charge in [-0.25, -0.2) is 15.2 Å². The molecule has 2 atom stereocenters. The molecule has 60 heavy (non-hydrogen) atoms. The topological polar surface area (TPSA) is 72.8 Å². The second-order valence-electron chi connectivity index (χ2n) is 15.9. The first kappa shape index (κ1) is 40.1. The van der Waals surface area contributed by atoms with Crippen molar-refractivity contribution in [1.82, 2.24) is 15.4 Å². The van der Waals surface area contributed by atoms with E-state index >= 15 is 0 Å². The van der Waals surface area contributed by atoms with Gasteiger partial charge in [-0.3, -0.25) is 0 Å². The van der Waals surface area contributed by atoms with Crippen LogP contribution in [0.4, 0.5) is 23.7 Å². The van der Waals surface area contributed by atoms with Gasteiger partial charge in [0.1, 0.15) is 11.1 Å². The lowest BCUT2D eigenvalue weighted by Crippen LogP contribution is -2.49. The van der Waals surface area contributed by atoms with Gasteiger partial charge in [0, 0.05) is 12.1 Å². The van der Waals surface area contributed by atoms with E-state index in [2.05, 4.69) is 47.0 Å². The third-order valence-electron chi connectivity index (χ3n) is 10.7. The maximum atomic E-state index is 14.2. The summed E-state index contributed by atoms with van der Waals surface area (Å²) >= 11 is 0. The summed E-state index contributed by atoms with van der Waals surface area (Å²) in [5.74, 6) is 0. The van der Waals surface area contributed by atoms with Crippen molar-refractivity contribution < 1.29 is 22.7 Å². The number of ether oxygens (including phenoxy) is 1. The number of carbonyl (C=O) groups is 1. The van der Waals surface area contributed by atoms with Gasteiger partial charge in [0.2, 0.25) is 0 Å². The number of amides is 1. The van der Waals surface area contributed by atoms with Gasteiger partial charge in [-0.1, -0.05) is 164 Å². The van der Waals surface area contributed by atoms with Crippen LogP contribution in [0.1, 0.15) is 72.8 Å². The zero-order valence-corrected chi connectivity index (χ0v) is 33.7. The monoisotopic (exact) mass is 806 g/mol. The van der Waals surface area contributed by atoms with Crippen molar-refractivity contribution in [3.05, 3.63) is 203 Å². The van der Waals surface area contributed by atoms with Crippen molar-refractivity contribution in [3.63, 3.8) is 0 Å². The largest absolute Gasteiger partial charge is 0.442 e. The standard InChI is InChI=1S/C49H45F3N6O2/c1-34-27-30-37-17-16-26-43(49(50,51)52)44(37)56(34)53-33-35-28-31-36(32-29-35)41-24-14-15-25-42(41)45-57(46(59)60-47(2,3)4)54-55-58(45)48(38-18-8-5-9-19-38,39-20-10-6-11-21-39)40-22-12-7-13-23-40/h5-32,34,45,53H,33H2,1-4H3. The molecule has 0 fully saturated rings. The van der Waals surface area contributed by atoms with Crippen LogP contribution in [0.3, 0.4) is 0 Å². The maximum Gasteiger partial charge on any atom is 0.434 e. The van der Waals surface area contributed by atoms with Crippen LogP contribution in [0.5, 0.6) is 0 Å². The van der Waals surface area contributed by atoms with E-state index in [9.17, 15) is 18.0 Å². The Hall–Kier alpha value is -6.72. The van der Waals surface area contributed by atoms with Crippen molar-refractivity contribution >= 4 is 17.9 Å². The highest BCUT2D eigenvalue weighted by Crippen LogP contribution is 2.51. The van der Waals surface area contributed by atoms with E-state index < -0.39 is 35.1 Å². The Morgan fingerprint density at radius 3 is 1.83 bits per heavy atom. The SMILES string of the molecule is CC1C=Cc2cccc(C(F)(F)F)c2N1NCc1ccc(-c2ccccc2C2N(C(=O)OC(C)(C)C)N=NN2C(c2ccccc2)(c2ccccc2)c2ccccc2)cc1. The molecule has 304 valence electrons. The van der Waals surface area contributed by atoms with Gasteiger partial charge in [0.15, 0.2) is 6.17 Å². The van der Waals surface area contributed by atoms with Gasteiger partial charge in [-0.2, -0.15) is 13.2 Å². The van der Waals surface area contributed by atoms with Crippen LogP contribution in [0.25, 0.3) is 17.2 Å². The highest BCUT2D eigenvalue weighted by Gasteiger charge is 2.52. The second kappa shape index (κ2) is 16.1. The van der Waals surface area contributed by atoms with Crippen molar-refractivity contribution in [2.24, 2.45) is 10.4 Å². The molecule has 0 bridgehead atoms. The van der Waals surface area contributed by atoms with Crippen molar-refractivity contribution in [3.8, 4) is 11.1 Å². The zero-order chi connectivity index (χ0) is 42.1. The van der Waals surface area contributed by atoms with E-state index in [1.54, 1.807) is 17.2 Å². The van der Waals surface area contributed by atoms with Crippen LogP contribution in [-0.2, 0) is 23.0 Å². The molecule has 2 unspecified atom stereocenters. The summed E-state index contributed by atoms with van der Waals surface area (Å²) in [5, 5.41) is 14.3. The van der Waals surface area contributed by atoms with E-state index in [0.717, 1.165) is 45.0 Å². The second-order valence-corrected chi connectivity index (χ2v) is 15.9. The Balaban J connectivity index is 1.21. The lowest BCUT2D eigenvalue weighted by atomic mass is 9.75. The fourth-order valence-electron chi connectivity index (χ4n) is 8.09. The number of benzene rings is 6. The summed E-state index contributed by atoms with van der Waals surface area (Å²) in [5.41, 5.74) is 7.32. The molecule has 2 heterocycles. The number of hydrogen-bond donors (Lipinski definition) is 1. The predicted molar refractivity (Wildman–Crippen MR) is 228 cm³/mol. The minimum Gasteiger partial charge on any atom is -0.442 e. The van der Waals surface area contributed by atoms with E-state index in [-0.39, 0.29) is 18.3 Å². The Morgan fingerprint density at radius 1 is 0.700 bits per heavy atom. The number of para-hydroxylation sites is 1. The summed E-state index contributed by atoms with van der Waals surface area (Å²) < 4.78 is 48.4. The molecule has 6 aromatic carbocycles. The Labute approximate surface area is 348 Å². The van der Waals surface area contributed by atoms with Crippen molar-refractivity contribution in [2.45, 2.75) is 63.8 Å². The molecular weight excluding hydrogens is 762 g/mol. The molecule has 8 rings (SSSR count). The average molecular weight is 807 g/mol. The normalized spacial score (nSPS) is 16.6. The number of nitrogens with zero attached hydrogens (tertiary/aromatic N) is 5. The van der Waals surface area contributed by atoms with Gasteiger partial charge in [-0.05, 0) is 83.2 Å². The molecule has 0 aliphatic carbocycles. The number of nitrogens with one attached hydrogen (secondary N) is 1. The molecule has 6 aromatic rings. The van der Waals surface area contributed by atoms with Crippen LogP contribution in [-0.4, -0.2) is 27.8 Å².